The summed E-state index contributed by atoms with van der Waals surface area (Å²) in [6.45, 7) is 0.758. The number of nitrogens with one attached hydrogen (secondary N) is 1. The van der Waals surface area contributed by atoms with E-state index in [2.05, 4.69) is 10.3 Å². The molecule has 0 saturated carbocycles. The normalized spacial score (nSPS) is 24.5. The maximum absolute atomic E-state index is 11.2. The first kappa shape index (κ1) is 12.5. The van der Waals surface area contributed by atoms with Gasteiger partial charge in [-0.2, -0.15) is 0 Å². The Morgan fingerprint density at radius 1 is 1.53 bits per heavy atom. The molecule has 94 valence electrons. The van der Waals surface area contributed by atoms with E-state index in [-0.39, 0.29) is 0 Å². The lowest BCUT2D eigenvalue weighted by Crippen LogP contribution is -2.35. The van der Waals surface area contributed by atoms with E-state index in [0.717, 1.165) is 36.5 Å². The number of rotatable bonds is 4. The molecular formula is C12H18N2O2S. The van der Waals surface area contributed by atoms with Crippen LogP contribution in [0.25, 0.3) is 0 Å². The number of ether oxygens (including phenoxy) is 1. The van der Waals surface area contributed by atoms with Gasteiger partial charge in [-0.15, -0.1) is 0 Å². The lowest BCUT2D eigenvalue weighted by Gasteiger charge is -2.22. The van der Waals surface area contributed by atoms with E-state index in [1.807, 2.05) is 12.1 Å². The summed E-state index contributed by atoms with van der Waals surface area (Å²) in [5, 5.41) is 3.48. The first-order chi connectivity index (χ1) is 8.29. The highest BCUT2D eigenvalue weighted by Crippen LogP contribution is 2.15. The van der Waals surface area contributed by atoms with Crippen molar-refractivity contribution in [3.05, 3.63) is 23.9 Å². The van der Waals surface area contributed by atoms with E-state index in [0.29, 0.717) is 11.9 Å². The first-order valence-electron chi connectivity index (χ1n) is 5.86. The topological polar surface area (TPSA) is 51.2 Å². The summed E-state index contributed by atoms with van der Waals surface area (Å²) in [6.07, 6.45) is 3.72. The Morgan fingerprint density at radius 3 is 3.00 bits per heavy atom. The van der Waals surface area contributed by atoms with Crippen molar-refractivity contribution < 1.29 is 8.95 Å². The standard InChI is InChI=1S/C12H18N2O2S/c1-16-12-10(3-2-6-13-12)9-14-11-4-7-17(15)8-5-11/h2-3,6,11,14H,4-5,7-9H2,1H3. The second-order valence-electron chi connectivity index (χ2n) is 4.18. The van der Waals surface area contributed by atoms with Crippen LogP contribution in [-0.4, -0.2) is 33.9 Å². The Bertz CT molecular complexity index is 388. The van der Waals surface area contributed by atoms with E-state index >= 15 is 0 Å². The molecule has 1 aromatic heterocycles. The zero-order chi connectivity index (χ0) is 12.1. The molecule has 0 amide bonds. The van der Waals surface area contributed by atoms with Crippen LogP contribution in [-0.2, 0) is 17.3 Å². The second-order valence-corrected chi connectivity index (χ2v) is 5.87. The van der Waals surface area contributed by atoms with Gasteiger partial charge in [0.1, 0.15) is 0 Å². The highest BCUT2D eigenvalue weighted by molar-refractivity contribution is 7.85. The molecule has 1 N–H and O–H groups in total. The number of pyridine rings is 1. The largest absolute Gasteiger partial charge is 0.481 e. The summed E-state index contributed by atoms with van der Waals surface area (Å²) in [5.74, 6) is 2.32. The average Bonchev–Trinajstić information content (AvgIpc) is 2.38. The van der Waals surface area contributed by atoms with Crippen LogP contribution in [0.5, 0.6) is 5.88 Å². The van der Waals surface area contributed by atoms with Crippen LogP contribution in [0.4, 0.5) is 0 Å². The van der Waals surface area contributed by atoms with Gasteiger partial charge in [-0.1, -0.05) is 6.07 Å². The molecule has 17 heavy (non-hydrogen) atoms. The smallest absolute Gasteiger partial charge is 0.217 e. The maximum atomic E-state index is 11.2. The van der Waals surface area contributed by atoms with Crippen LogP contribution in [0, 0.1) is 0 Å². The highest BCUT2D eigenvalue weighted by Gasteiger charge is 2.17. The van der Waals surface area contributed by atoms with Crippen molar-refractivity contribution in [1.82, 2.24) is 10.3 Å². The Kier molecular flexibility index (Phi) is 4.50. The molecular weight excluding hydrogens is 236 g/mol. The number of hydrogen-bond acceptors (Lipinski definition) is 4. The van der Waals surface area contributed by atoms with Gasteiger partial charge in [0, 0.05) is 46.7 Å². The SMILES string of the molecule is COc1ncccc1CNC1CCS(=O)CC1. The summed E-state index contributed by atoms with van der Waals surface area (Å²) in [5.41, 5.74) is 1.07. The Labute approximate surface area is 104 Å². The third kappa shape index (κ3) is 3.51. The van der Waals surface area contributed by atoms with Crippen molar-refractivity contribution in [2.75, 3.05) is 18.6 Å². The van der Waals surface area contributed by atoms with Gasteiger partial charge in [-0.05, 0) is 18.9 Å². The summed E-state index contributed by atoms with van der Waals surface area (Å²) in [4.78, 5) is 4.16. The summed E-state index contributed by atoms with van der Waals surface area (Å²) < 4.78 is 16.4. The highest BCUT2D eigenvalue weighted by atomic mass is 32.2. The first-order valence-corrected chi connectivity index (χ1v) is 7.34. The van der Waals surface area contributed by atoms with Gasteiger partial charge in [0.05, 0.1) is 7.11 Å². The molecule has 0 radical (unpaired) electrons. The van der Waals surface area contributed by atoms with Gasteiger partial charge in [-0.25, -0.2) is 4.98 Å². The van der Waals surface area contributed by atoms with Crippen molar-refractivity contribution in [3.63, 3.8) is 0 Å². The van der Waals surface area contributed by atoms with Crippen LogP contribution >= 0.6 is 0 Å². The predicted octanol–water partition coefficient (Wildman–Crippen LogP) is 1.09. The molecule has 0 unspecified atom stereocenters. The molecule has 1 fully saturated rings. The van der Waals surface area contributed by atoms with Crippen LogP contribution in [0.2, 0.25) is 0 Å². The van der Waals surface area contributed by atoms with E-state index < -0.39 is 10.8 Å². The van der Waals surface area contributed by atoms with E-state index in [1.54, 1.807) is 13.3 Å². The Morgan fingerprint density at radius 2 is 2.29 bits per heavy atom. The monoisotopic (exact) mass is 254 g/mol. The number of aromatic nitrogens is 1. The maximum Gasteiger partial charge on any atom is 0.217 e. The fraction of sp³-hybridized carbons (Fsp3) is 0.583. The van der Waals surface area contributed by atoms with E-state index in [9.17, 15) is 4.21 Å². The minimum Gasteiger partial charge on any atom is -0.481 e. The fourth-order valence-electron chi connectivity index (χ4n) is 1.99. The molecule has 0 spiro atoms. The molecule has 0 aliphatic carbocycles. The number of hydrogen-bond donors (Lipinski definition) is 1. The van der Waals surface area contributed by atoms with Crippen LogP contribution in [0.1, 0.15) is 18.4 Å². The third-order valence-corrected chi connectivity index (χ3v) is 4.39. The zero-order valence-electron chi connectivity index (χ0n) is 10.0. The summed E-state index contributed by atoms with van der Waals surface area (Å²) in [6, 6.07) is 4.40. The molecule has 1 saturated heterocycles. The number of methoxy groups -OCH3 is 1. The fourth-order valence-corrected chi connectivity index (χ4v) is 3.29. The molecule has 5 heteroatoms. The van der Waals surface area contributed by atoms with Crippen molar-refractivity contribution >= 4 is 10.8 Å². The molecule has 0 aromatic carbocycles. The quantitative estimate of drug-likeness (QED) is 0.874. The molecule has 1 aliphatic rings. The lowest BCUT2D eigenvalue weighted by molar-refractivity contribution is 0.386. The summed E-state index contributed by atoms with van der Waals surface area (Å²) >= 11 is 0. The molecule has 2 heterocycles. The zero-order valence-corrected chi connectivity index (χ0v) is 10.8. The Balaban J connectivity index is 1.87. The predicted molar refractivity (Wildman–Crippen MR) is 68.5 cm³/mol. The van der Waals surface area contributed by atoms with Crippen LogP contribution < -0.4 is 10.1 Å². The van der Waals surface area contributed by atoms with Crippen LogP contribution in [0.15, 0.2) is 18.3 Å². The van der Waals surface area contributed by atoms with Gasteiger partial charge in [0.25, 0.3) is 0 Å². The van der Waals surface area contributed by atoms with E-state index in [1.165, 1.54) is 0 Å². The van der Waals surface area contributed by atoms with Gasteiger partial charge in [-0.3, -0.25) is 4.21 Å². The molecule has 1 aromatic rings. The number of nitrogens with zero attached hydrogens (tertiary/aromatic N) is 1. The lowest BCUT2D eigenvalue weighted by atomic mass is 10.1. The van der Waals surface area contributed by atoms with Crippen molar-refractivity contribution in [1.29, 1.82) is 0 Å². The van der Waals surface area contributed by atoms with Gasteiger partial charge in [0.2, 0.25) is 5.88 Å². The summed E-state index contributed by atoms with van der Waals surface area (Å²) in [7, 11) is 1.04. The van der Waals surface area contributed by atoms with Gasteiger partial charge < -0.3 is 10.1 Å². The molecule has 0 atom stereocenters. The average molecular weight is 254 g/mol. The van der Waals surface area contributed by atoms with Crippen molar-refractivity contribution in [3.8, 4) is 5.88 Å². The van der Waals surface area contributed by atoms with E-state index in [4.69, 9.17) is 4.74 Å². The van der Waals surface area contributed by atoms with Crippen molar-refractivity contribution in [2.45, 2.75) is 25.4 Å². The Hall–Kier alpha value is -0.940. The van der Waals surface area contributed by atoms with Gasteiger partial charge >= 0.3 is 0 Å². The second kappa shape index (κ2) is 6.12. The molecule has 0 bridgehead atoms. The molecule has 2 rings (SSSR count). The van der Waals surface area contributed by atoms with Crippen molar-refractivity contribution in [2.24, 2.45) is 0 Å². The minimum atomic E-state index is -0.592. The molecule has 4 nitrogen and oxygen atoms in total. The van der Waals surface area contributed by atoms with Crippen LogP contribution in [0.3, 0.4) is 0 Å². The van der Waals surface area contributed by atoms with Gasteiger partial charge in [0.15, 0.2) is 0 Å². The third-order valence-electron chi connectivity index (χ3n) is 3.01. The minimum absolute atomic E-state index is 0.470. The molecule has 1 aliphatic heterocycles.